The molecular formula is C15H30N2. The number of hydrogen-bond donors (Lipinski definition) is 1. The first-order chi connectivity index (χ1) is 8.18. The van der Waals surface area contributed by atoms with Crippen molar-refractivity contribution in [3.8, 4) is 0 Å². The normalized spacial score (nSPS) is 41.8. The number of nitrogens with zero attached hydrogens (tertiary/aromatic N) is 1. The smallest absolute Gasteiger partial charge is 0.0250 e. The number of rotatable bonds is 1. The zero-order valence-corrected chi connectivity index (χ0v) is 11.7. The molecular weight excluding hydrogens is 208 g/mol. The Morgan fingerprint density at radius 1 is 0.941 bits per heavy atom. The van der Waals surface area contributed by atoms with Crippen molar-refractivity contribution in [3.05, 3.63) is 0 Å². The maximum atomic E-state index is 6.43. The highest BCUT2D eigenvalue weighted by Crippen LogP contribution is 2.29. The van der Waals surface area contributed by atoms with Gasteiger partial charge in [0.2, 0.25) is 0 Å². The lowest BCUT2D eigenvalue weighted by atomic mass is 9.86. The molecule has 2 nitrogen and oxygen atoms in total. The Morgan fingerprint density at radius 3 is 2.35 bits per heavy atom. The lowest BCUT2D eigenvalue weighted by Gasteiger charge is -2.44. The minimum absolute atomic E-state index is 0.422. The van der Waals surface area contributed by atoms with Crippen LogP contribution in [0, 0.1) is 5.92 Å². The van der Waals surface area contributed by atoms with Crippen LogP contribution in [-0.2, 0) is 0 Å². The van der Waals surface area contributed by atoms with E-state index in [2.05, 4.69) is 18.7 Å². The van der Waals surface area contributed by atoms with Crippen molar-refractivity contribution >= 4 is 0 Å². The maximum Gasteiger partial charge on any atom is 0.0250 e. The molecule has 2 fully saturated rings. The van der Waals surface area contributed by atoms with Crippen molar-refractivity contribution in [1.82, 2.24) is 4.90 Å². The standard InChI is InChI=1S/C15H30N2/c1-12-9-10-17(13(2)11-12)15-8-6-4-3-5-7-14(15)16/h12-15H,3-11,16H2,1-2H3. The molecule has 0 radical (unpaired) electrons. The summed E-state index contributed by atoms with van der Waals surface area (Å²) < 4.78 is 0. The quantitative estimate of drug-likeness (QED) is 0.760. The van der Waals surface area contributed by atoms with Gasteiger partial charge in [0.1, 0.15) is 0 Å². The second-order valence-electron chi connectivity index (χ2n) is 6.44. The van der Waals surface area contributed by atoms with Gasteiger partial charge in [-0.05, 0) is 45.1 Å². The molecule has 0 aromatic carbocycles. The van der Waals surface area contributed by atoms with Crippen LogP contribution in [0.2, 0.25) is 0 Å². The zero-order valence-electron chi connectivity index (χ0n) is 11.7. The fourth-order valence-corrected chi connectivity index (χ4v) is 3.82. The Morgan fingerprint density at radius 2 is 1.65 bits per heavy atom. The van der Waals surface area contributed by atoms with Gasteiger partial charge in [-0.2, -0.15) is 0 Å². The van der Waals surface area contributed by atoms with Crippen LogP contribution < -0.4 is 5.73 Å². The van der Waals surface area contributed by atoms with Gasteiger partial charge in [0, 0.05) is 18.1 Å². The monoisotopic (exact) mass is 238 g/mol. The number of piperidine rings is 1. The van der Waals surface area contributed by atoms with Crippen molar-refractivity contribution < 1.29 is 0 Å². The average molecular weight is 238 g/mol. The van der Waals surface area contributed by atoms with E-state index in [-0.39, 0.29) is 0 Å². The van der Waals surface area contributed by atoms with Crippen LogP contribution in [0.1, 0.15) is 65.2 Å². The van der Waals surface area contributed by atoms with Crippen molar-refractivity contribution in [2.45, 2.75) is 83.3 Å². The highest BCUT2D eigenvalue weighted by molar-refractivity contribution is 4.89. The van der Waals surface area contributed by atoms with Gasteiger partial charge < -0.3 is 5.73 Å². The minimum Gasteiger partial charge on any atom is -0.326 e. The number of nitrogens with two attached hydrogens (primary N) is 1. The molecule has 100 valence electrons. The summed E-state index contributed by atoms with van der Waals surface area (Å²) in [6.45, 7) is 6.08. The molecule has 0 bridgehead atoms. The predicted molar refractivity (Wildman–Crippen MR) is 74.0 cm³/mol. The van der Waals surface area contributed by atoms with Crippen molar-refractivity contribution in [3.63, 3.8) is 0 Å². The molecule has 17 heavy (non-hydrogen) atoms. The Hall–Kier alpha value is -0.0800. The first-order valence-corrected chi connectivity index (χ1v) is 7.70. The molecule has 2 N–H and O–H groups in total. The van der Waals surface area contributed by atoms with Crippen LogP contribution in [0.15, 0.2) is 0 Å². The molecule has 0 spiro atoms. The van der Waals surface area contributed by atoms with Crippen molar-refractivity contribution in [2.24, 2.45) is 11.7 Å². The molecule has 1 saturated carbocycles. The molecule has 1 heterocycles. The molecule has 2 aliphatic rings. The van der Waals surface area contributed by atoms with Gasteiger partial charge in [-0.1, -0.05) is 32.6 Å². The predicted octanol–water partition coefficient (Wildman–Crippen LogP) is 3.16. The first-order valence-electron chi connectivity index (χ1n) is 7.70. The fourth-order valence-electron chi connectivity index (χ4n) is 3.82. The van der Waals surface area contributed by atoms with Gasteiger partial charge in [0.15, 0.2) is 0 Å². The summed E-state index contributed by atoms with van der Waals surface area (Å²) in [5, 5.41) is 0. The van der Waals surface area contributed by atoms with E-state index >= 15 is 0 Å². The maximum absolute atomic E-state index is 6.43. The molecule has 4 unspecified atom stereocenters. The summed E-state index contributed by atoms with van der Waals surface area (Å²) in [5.74, 6) is 0.908. The number of likely N-dealkylation sites (tertiary alicyclic amines) is 1. The Kier molecular flexibility index (Phi) is 4.87. The van der Waals surface area contributed by atoms with Crippen LogP contribution in [0.3, 0.4) is 0 Å². The Bertz CT molecular complexity index is 229. The van der Waals surface area contributed by atoms with Crippen LogP contribution in [-0.4, -0.2) is 29.6 Å². The van der Waals surface area contributed by atoms with Gasteiger partial charge in [-0.25, -0.2) is 0 Å². The van der Waals surface area contributed by atoms with Crippen LogP contribution in [0.5, 0.6) is 0 Å². The second kappa shape index (κ2) is 6.19. The molecule has 4 atom stereocenters. The topological polar surface area (TPSA) is 29.3 Å². The van der Waals surface area contributed by atoms with E-state index in [1.807, 2.05) is 0 Å². The molecule has 0 aromatic rings. The van der Waals surface area contributed by atoms with Gasteiger partial charge in [0.25, 0.3) is 0 Å². The third-order valence-electron chi connectivity index (χ3n) is 4.90. The van der Waals surface area contributed by atoms with Crippen molar-refractivity contribution in [1.29, 1.82) is 0 Å². The Labute approximate surface area is 107 Å². The van der Waals surface area contributed by atoms with E-state index in [0.29, 0.717) is 12.1 Å². The molecule has 1 aliphatic heterocycles. The molecule has 1 aliphatic carbocycles. The largest absolute Gasteiger partial charge is 0.326 e. The summed E-state index contributed by atoms with van der Waals surface area (Å²) in [6.07, 6.45) is 10.8. The zero-order chi connectivity index (χ0) is 12.3. The van der Waals surface area contributed by atoms with Crippen LogP contribution in [0.4, 0.5) is 0 Å². The molecule has 2 heteroatoms. The summed E-state index contributed by atoms with van der Waals surface area (Å²) in [7, 11) is 0. The van der Waals surface area contributed by atoms with Crippen LogP contribution >= 0.6 is 0 Å². The third kappa shape index (κ3) is 3.45. The fraction of sp³-hybridized carbons (Fsp3) is 1.00. The van der Waals surface area contributed by atoms with Crippen LogP contribution in [0.25, 0.3) is 0 Å². The Balaban J connectivity index is 1.97. The van der Waals surface area contributed by atoms with E-state index in [9.17, 15) is 0 Å². The van der Waals surface area contributed by atoms with Crippen molar-refractivity contribution in [2.75, 3.05) is 6.54 Å². The summed E-state index contributed by atoms with van der Waals surface area (Å²) >= 11 is 0. The van der Waals surface area contributed by atoms with E-state index in [1.54, 1.807) is 0 Å². The van der Waals surface area contributed by atoms with Gasteiger partial charge in [-0.3, -0.25) is 4.90 Å². The first kappa shape index (κ1) is 13.4. The number of hydrogen-bond acceptors (Lipinski definition) is 2. The molecule has 0 amide bonds. The second-order valence-corrected chi connectivity index (χ2v) is 6.44. The van der Waals surface area contributed by atoms with E-state index < -0.39 is 0 Å². The summed E-state index contributed by atoms with van der Waals surface area (Å²) in [6, 6.07) is 1.83. The van der Waals surface area contributed by atoms with E-state index in [1.165, 1.54) is 57.9 Å². The van der Waals surface area contributed by atoms with Gasteiger partial charge in [0.05, 0.1) is 0 Å². The lowest BCUT2D eigenvalue weighted by Crippen LogP contribution is -2.54. The third-order valence-corrected chi connectivity index (χ3v) is 4.90. The minimum atomic E-state index is 0.422. The average Bonchev–Trinajstić information content (AvgIpc) is 2.26. The molecule has 0 aromatic heterocycles. The van der Waals surface area contributed by atoms with Gasteiger partial charge >= 0.3 is 0 Å². The molecule has 2 rings (SSSR count). The SMILES string of the molecule is CC1CCN(C2CCCCCCC2N)C(C)C1. The molecule has 1 saturated heterocycles. The van der Waals surface area contributed by atoms with E-state index in [4.69, 9.17) is 5.73 Å². The van der Waals surface area contributed by atoms with Gasteiger partial charge in [-0.15, -0.1) is 0 Å². The lowest BCUT2D eigenvalue weighted by molar-refractivity contribution is 0.0583. The summed E-state index contributed by atoms with van der Waals surface area (Å²) in [4.78, 5) is 2.73. The highest BCUT2D eigenvalue weighted by Gasteiger charge is 2.32. The van der Waals surface area contributed by atoms with E-state index in [0.717, 1.165) is 12.0 Å². The highest BCUT2D eigenvalue weighted by atomic mass is 15.2. The summed E-state index contributed by atoms with van der Waals surface area (Å²) in [5.41, 5.74) is 6.43.